The quantitative estimate of drug-likeness (QED) is 0.545. The van der Waals surface area contributed by atoms with Crippen LogP contribution in [0.1, 0.15) is 17.0 Å². The zero-order chi connectivity index (χ0) is 21.4. The van der Waals surface area contributed by atoms with Crippen LogP contribution in [0.25, 0.3) is 10.8 Å². The largest absolute Gasteiger partial charge is 0.493 e. The molecule has 7 heteroatoms. The molecule has 0 amide bonds. The van der Waals surface area contributed by atoms with E-state index >= 15 is 0 Å². The molecule has 4 rings (SSSR count). The second-order valence-electron chi connectivity index (χ2n) is 6.92. The smallest absolute Gasteiger partial charge is 0.205 e. The van der Waals surface area contributed by atoms with Gasteiger partial charge in [0, 0.05) is 35.0 Å². The Balaban J connectivity index is 1.99. The number of hydrogen-bond donors (Lipinski definition) is 2. The van der Waals surface area contributed by atoms with Crippen LogP contribution in [-0.2, 0) is 0 Å². The lowest BCUT2D eigenvalue weighted by atomic mass is 9.78. The summed E-state index contributed by atoms with van der Waals surface area (Å²) in [4.78, 5) is 0. The van der Waals surface area contributed by atoms with Gasteiger partial charge in [0.2, 0.25) is 5.90 Å². The molecule has 0 spiro atoms. The van der Waals surface area contributed by atoms with Crippen molar-refractivity contribution >= 4 is 38.3 Å². The number of nitrogens with zero attached hydrogens (tertiary/aromatic N) is 1. The van der Waals surface area contributed by atoms with Crippen molar-refractivity contribution in [1.29, 1.82) is 10.7 Å². The molecule has 2 atom stereocenters. The van der Waals surface area contributed by atoms with Crippen molar-refractivity contribution in [3.8, 4) is 23.3 Å². The van der Waals surface area contributed by atoms with Gasteiger partial charge < -0.3 is 19.5 Å². The molecule has 3 aromatic rings. The van der Waals surface area contributed by atoms with Gasteiger partial charge in [-0.2, -0.15) is 5.26 Å². The van der Waals surface area contributed by atoms with Gasteiger partial charge >= 0.3 is 0 Å². The van der Waals surface area contributed by atoms with E-state index in [1.165, 1.54) is 0 Å². The molecule has 0 fully saturated rings. The predicted octanol–water partition coefficient (Wildman–Crippen LogP) is 5.30. The molecule has 0 radical (unpaired) electrons. The number of benzene rings is 3. The lowest BCUT2D eigenvalue weighted by molar-refractivity contribution is 0.352. The molecular formula is C23H20BrN3O3. The molecule has 1 aliphatic rings. The van der Waals surface area contributed by atoms with E-state index in [2.05, 4.69) is 27.3 Å². The maximum Gasteiger partial charge on any atom is 0.205 e. The number of hydrogen-bond acceptors (Lipinski definition) is 6. The normalized spacial score (nSPS) is 17.6. The molecule has 0 aliphatic carbocycles. The van der Waals surface area contributed by atoms with Gasteiger partial charge in [-0.05, 0) is 39.7 Å². The Labute approximate surface area is 183 Å². The van der Waals surface area contributed by atoms with Crippen molar-refractivity contribution < 1.29 is 14.2 Å². The van der Waals surface area contributed by atoms with E-state index in [-0.39, 0.29) is 11.8 Å². The summed E-state index contributed by atoms with van der Waals surface area (Å²) >= 11 is 3.54. The molecule has 0 saturated carbocycles. The monoisotopic (exact) mass is 465 g/mol. The van der Waals surface area contributed by atoms with Gasteiger partial charge in [-0.25, -0.2) is 0 Å². The van der Waals surface area contributed by atoms with Crippen molar-refractivity contribution in [2.75, 3.05) is 26.6 Å². The van der Waals surface area contributed by atoms with Gasteiger partial charge in [-0.15, -0.1) is 0 Å². The first-order valence-electron chi connectivity index (χ1n) is 9.34. The van der Waals surface area contributed by atoms with Crippen LogP contribution < -0.4 is 19.5 Å². The standard InChI is InChI=1S/C23H20BrN3O3/c1-27-18-6-4-5-14-13(18)7-8-15-20(16(11-25)23(26)30-21(14)15)12-9-17(24)22(29-3)19(10-12)28-2/h4-10,16,20,26-27H,1-3H3. The van der Waals surface area contributed by atoms with Gasteiger partial charge in [-0.1, -0.05) is 24.3 Å². The predicted molar refractivity (Wildman–Crippen MR) is 120 cm³/mol. The Morgan fingerprint density at radius 1 is 1.13 bits per heavy atom. The van der Waals surface area contributed by atoms with E-state index in [1.807, 2.05) is 49.5 Å². The maximum absolute atomic E-state index is 9.86. The molecule has 1 heterocycles. The van der Waals surface area contributed by atoms with Crippen LogP contribution in [0.3, 0.4) is 0 Å². The van der Waals surface area contributed by atoms with E-state index in [4.69, 9.17) is 19.6 Å². The fourth-order valence-electron chi connectivity index (χ4n) is 4.05. The highest BCUT2D eigenvalue weighted by molar-refractivity contribution is 9.10. The van der Waals surface area contributed by atoms with Crippen LogP contribution in [0.2, 0.25) is 0 Å². The first-order valence-corrected chi connectivity index (χ1v) is 10.1. The number of methoxy groups -OCH3 is 2. The number of nitriles is 1. The Morgan fingerprint density at radius 3 is 2.60 bits per heavy atom. The number of fused-ring (bicyclic) bond motifs is 3. The Kier molecular flexibility index (Phi) is 5.27. The van der Waals surface area contributed by atoms with Gasteiger partial charge in [0.05, 0.1) is 24.8 Å². The lowest BCUT2D eigenvalue weighted by Crippen LogP contribution is -2.31. The number of halogens is 1. The number of nitrogens with one attached hydrogen (secondary N) is 2. The molecular weight excluding hydrogens is 446 g/mol. The minimum atomic E-state index is -0.757. The highest BCUT2D eigenvalue weighted by Gasteiger charge is 2.38. The Hall–Kier alpha value is -3.24. The summed E-state index contributed by atoms with van der Waals surface area (Å²) in [6.45, 7) is 0. The van der Waals surface area contributed by atoms with E-state index in [1.54, 1.807) is 14.2 Å². The fourth-order valence-corrected chi connectivity index (χ4v) is 4.67. The topological polar surface area (TPSA) is 87.4 Å². The van der Waals surface area contributed by atoms with Crippen molar-refractivity contribution in [3.05, 3.63) is 58.1 Å². The molecule has 6 nitrogen and oxygen atoms in total. The lowest BCUT2D eigenvalue weighted by Gasteiger charge is -2.31. The van der Waals surface area contributed by atoms with Crippen molar-refractivity contribution in [1.82, 2.24) is 0 Å². The fraction of sp³-hybridized carbons (Fsp3) is 0.217. The second-order valence-corrected chi connectivity index (χ2v) is 7.78. The summed E-state index contributed by atoms with van der Waals surface area (Å²) in [5, 5.41) is 23.4. The molecule has 152 valence electrons. The van der Waals surface area contributed by atoms with E-state index < -0.39 is 5.92 Å². The third-order valence-corrected chi connectivity index (χ3v) is 6.02. The maximum atomic E-state index is 9.86. The van der Waals surface area contributed by atoms with Crippen LogP contribution in [0.4, 0.5) is 5.69 Å². The third-order valence-electron chi connectivity index (χ3n) is 5.43. The molecule has 3 aromatic carbocycles. The third kappa shape index (κ3) is 3.04. The Bertz CT molecular complexity index is 1200. The number of ether oxygens (including phenoxy) is 3. The summed E-state index contributed by atoms with van der Waals surface area (Å²) < 4.78 is 17.5. The van der Waals surface area contributed by atoms with E-state index in [9.17, 15) is 5.26 Å². The first-order chi connectivity index (χ1) is 14.5. The zero-order valence-corrected chi connectivity index (χ0v) is 18.3. The molecule has 0 bridgehead atoms. The van der Waals surface area contributed by atoms with Crippen molar-refractivity contribution in [2.24, 2.45) is 5.92 Å². The molecule has 2 N–H and O–H groups in total. The average molecular weight is 466 g/mol. The Morgan fingerprint density at radius 2 is 1.93 bits per heavy atom. The van der Waals surface area contributed by atoms with Gasteiger partial charge in [-0.3, -0.25) is 5.41 Å². The SMILES string of the molecule is CNc1cccc2c3c(ccc12)C(c1cc(Br)c(OC)c(OC)c1)C(C#N)C(=N)O3. The number of anilines is 1. The van der Waals surface area contributed by atoms with Crippen LogP contribution in [0.15, 0.2) is 46.9 Å². The number of rotatable bonds is 4. The first kappa shape index (κ1) is 20.0. The van der Waals surface area contributed by atoms with Gasteiger partial charge in [0.1, 0.15) is 11.7 Å². The summed E-state index contributed by atoms with van der Waals surface area (Å²) in [6.07, 6.45) is 0. The molecule has 2 unspecified atom stereocenters. The summed E-state index contributed by atoms with van der Waals surface area (Å²) in [5.41, 5.74) is 2.67. The van der Waals surface area contributed by atoms with E-state index in [0.29, 0.717) is 21.7 Å². The second kappa shape index (κ2) is 7.88. The van der Waals surface area contributed by atoms with Crippen molar-refractivity contribution in [2.45, 2.75) is 5.92 Å². The summed E-state index contributed by atoms with van der Waals surface area (Å²) in [7, 11) is 5.01. The van der Waals surface area contributed by atoms with Crippen LogP contribution >= 0.6 is 15.9 Å². The van der Waals surface area contributed by atoms with Crippen LogP contribution in [0, 0.1) is 22.7 Å². The minimum absolute atomic E-state index is 0.0664. The molecule has 0 saturated heterocycles. The molecule has 0 aromatic heterocycles. The minimum Gasteiger partial charge on any atom is -0.493 e. The zero-order valence-electron chi connectivity index (χ0n) is 16.7. The summed E-state index contributed by atoms with van der Waals surface area (Å²) in [5.74, 6) is 0.531. The highest BCUT2D eigenvalue weighted by Crippen LogP contribution is 2.48. The van der Waals surface area contributed by atoms with E-state index in [0.717, 1.165) is 27.6 Å². The summed E-state index contributed by atoms with van der Waals surface area (Å²) in [6, 6.07) is 15.9. The van der Waals surface area contributed by atoms with Crippen molar-refractivity contribution in [3.63, 3.8) is 0 Å². The van der Waals surface area contributed by atoms with Gasteiger partial charge in [0.25, 0.3) is 0 Å². The molecule has 1 aliphatic heterocycles. The van der Waals surface area contributed by atoms with Crippen LogP contribution in [-0.4, -0.2) is 27.2 Å². The highest BCUT2D eigenvalue weighted by atomic mass is 79.9. The molecule has 30 heavy (non-hydrogen) atoms. The van der Waals surface area contributed by atoms with Crippen LogP contribution in [0.5, 0.6) is 17.2 Å². The average Bonchev–Trinajstić information content (AvgIpc) is 2.76. The van der Waals surface area contributed by atoms with Gasteiger partial charge in [0.15, 0.2) is 11.5 Å².